The Morgan fingerprint density at radius 3 is 2.03 bits per heavy atom. The quantitative estimate of drug-likeness (QED) is 0.363. The van der Waals surface area contributed by atoms with Crippen molar-refractivity contribution in [2.45, 2.75) is 12.7 Å². The largest absolute Gasteiger partial charge is 0.354 e. The highest BCUT2D eigenvalue weighted by atomic mass is 31.2. The maximum Gasteiger partial charge on any atom is 0.354 e. The number of anilines is 2. The fourth-order valence-corrected chi connectivity index (χ4v) is 4.76. The minimum absolute atomic E-state index is 0.319. The van der Waals surface area contributed by atoms with Crippen LogP contribution >= 0.6 is 7.60 Å². The van der Waals surface area contributed by atoms with E-state index in [1.54, 1.807) is 17.0 Å². The van der Waals surface area contributed by atoms with Gasteiger partial charge in [-0.1, -0.05) is 72.8 Å². The van der Waals surface area contributed by atoms with E-state index in [2.05, 4.69) is 4.98 Å². The second kappa shape index (κ2) is 8.86. The van der Waals surface area contributed by atoms with Crippen molar-refractivity contribution >= 4 is 19.0 Å². The Hall–Kier alpha value is -3.24. The Morgan fingerprint density at radius 1 is 0.774 bits per heavy atom. The Morgan fingerprint density at radius 2 is 1.39 bits per heavy atom. The first-order chi connectivity index (χ1) is 14.9. The molecule has 5 nitrogen and oxygen atoms in total. The first-order valence-electron chi connectivity index (χ1n) is 9.92. The second-order valence-electron chi connectivity index (χ2n) is 7.26. The van der Waals surface area contributed by atoms with Crippen LogP contribution in [0.3, 0.4) is 0 Å². The number of aryl methyl sites for hydroxylation is 1. The molecule has 0 aliphatic heterocycles. The molecule has 0 spiro atoms. The summed E-state index contributed by atoms with van der Waals surface area (Å²) < 4.78 is 12.9. The molecule has 0 aliphatic rings. The van der Waals surface area contributed by atoms with Gasteiger partial charge in [-0.15, -0.1) is 0 Å². The predicted molar refractivity (Wildman–Crippen MR) is 124 cm³/mol. The van der Waals surface area contributed by atoms with Crippen molar-refractivity contribution in [3.05, 3.63) is 115 Å². The van der Waals surface area contributed by atoms with E-state index in [4.69, 9.17) is 0 Å². The summed E-state index contributed by atoms with van der Waals surface area (Å²) in [5.41, 5.74) is 4.21. The fraction of sp³-hybridized carbons (Fsp3) is 0.0800. The third-order valence-corrected chi connectivity index (χ3v) is 6.15. The number of hydrogen-bond donors (Lipinski definition) is 2. The Labute approximate surface area is 181 Å². The van der Waals surface area contributed by atoms with Crippen molar-refractivity contribution in [1.82, 2.24) is 4.98 Å². The highest BCUT2D eigenvalue weighted by Crippen LogP contribution is 2.57. The SMILES string of the molecule is Cc1cccc(C(N(c2ccccc2)c2ccccc2-c2ccccc2)P(=O)(O)O)n1. The molecule has 31 heavy (non-hydrogen) atoms. The van der Waals surface area contributed by atoms with Crippen LogP contribution in [0.2, 0.25) is 0 Å². The lowest BCUT2D eigenvalue weighted by Gasteiger charge is -2.35. The van der Waals surface area contributed by atoms with Gasteiger partial charge >= 0.3 is 7.60 Å². The van der Waals surface area contributed by atoms with Crippen molar-refractivity contribution in [2.24, 2.45) is 0 Å². The van der Waals surface area contributed by atoms with Gasteiger partial charge in [0.15, 0.2) is 5.78 Å². The van der Waals surface area contributed by atoms with Crippen LogP contribution < -0.4 is 4.90 Å². The number of para-hydroxylation sites is 2. The van der Waals surface area contributed by atoms with Crippen molar-refractivity contribution in [3.63, 3.8) is 0 Å². The van der Waals surface area contributed by atoms with Gasteiger partial charge in [0.1, 0.15) is 0 Å². The molecule has 1 unspecified atom stereocenters. The highest BCUT2D eigenvalue weighted by Gasteiger charge is 2.39. The van der Waals surface area contributed by atoms with Crippen molar-refractivity contribution < 1.29 is 14.4 Å². The van der Waals surface area contributed by atoms with Crippen LogP contribution in [-0.4, -0.2) is 14.8 Å². The zero-order chi connectivity index (χ0) is 21.8. The summed E-state index contributed by atoms with van der Waals surface area (Å²) in [5.74, 6) is -1.28. The van der Waals surface area contributed by atoms with E-state index in [0.717, 1.165) is 11.1 Å². The summed E-state index contributed by atoms with van der Waals surface area (Å²) in [6.07, 6.45) is 0. The lowest BCUT2D eigenvalue weighted by molar-refractivity contribution is 0.358. The zero-order valence-corrected chi connectivity index (χ0v) is 17.9. The van der Waals surface area contributed by atoms with E-state index < -0.39 is 13.4 Å². The Balaban J connectivity index is 2.00. The molecule has 0 saturated heterocycles. The third kappa shape index (κ3) is 4.59. The standard InChI is InChI=1S/C25H23N2O3P/c1-19-11-10-17-23(26-19)25(31(28,29)30)27(21-14-6-3-7-15-21)24-18-9-8-16-22(24)20-12-4-2-5-13-20/h2-18,25H,1H3,(H2,28,29,30). The van der Waals surface area contributed by atoms with Crippen molar-refractivity contribution in [3.8, 4) is 11.1 Å². The van der Waals surface area contributed by atoms with Crippen LogP contribution in [0.15, 0.2) is 103 Å². The molecular formula is C25H23N2O3P. The molecule has 0 radical (unpaired) electrons. The van der Waals surface area contributed by atoms with Crippen LogP contribution in [-0.2, 0) is 4.57 Å². The molecule has 4 aromatic rings. The molecule has 156 valence electrons. The van der Waals surface area contributed by atoms with Crippen LogP contribution in [0.1, 0.15) is 17.2 Å². The molecule has 6 heteroatoms. The van der Waals surface area contributed by atoms with E-state index in [1.165, 1.54) is 0 Å². The molecule has 0 bridgehead atoms. The van der Waals surface area contributed by atoms with Gasteiger partial charge in [0, 0.05) is 16.9 Å². The number of hydrogen-bond acceptors (Lipinski definition) is 3. The maximum absolute atomic E-state index is 12.9. The van der Waals surface area contributed by atoms with Crippen LogP contribution in [0.5, 0.6) is 0 Å². The first kappa shape index (κ1) is 21.0. The van der Waals surface area contributed by atoms with Crippen molar-refractivity contribution in [1.29, 1.82) is 0 Å². The summed E-state index contributed by atoms with van der Waals surface area (Å²) in [7, 11) is -4.65. The minimum Gasteiger partial charge on any atom is -0.323 e. The average molecular weight is 430 g/mol. The molecule has 0 fully saturated rings. The molecule has 1 aromatic heterocycles. The summed E-state index contributed by atoms with van der Waals surface area (Å²) >= 11 is 0. The summed E-state index contributed by atoms with van der Waals surface area (Å²) in [4.78, 5) is 27.2. The molecule has 0 aliphatic carbocycles. The van der Waals surface area contributed by atoms with Gasteiger partial charge in [0.2, 0.25) is 0 Å². The monoisotopic (exact) mass is 430 g/mol. The van der Waals surface area contributed by atoms with Crippen LogP contribution in [0.25, 0.3) is 11.1 Å². The summed E-state index contributed by atoms with van der Waals surface area (Å²) in [5, 5.41) is 0. The molecular weight excluding hydrogens is 407 g/mol. The van der Waals surface area contributed by atoms with Gasteiger partial charge in [-0.25, -0.2) is 0 Å². The molecule has 0 amide bonds. The fourth-order valence-electron chi connectivity index (χ4n) is 3.71. The number of rotatable bonds is 6. The maximum atomic E-state index is 12.9. The van der Waals surface area contributed by atoms with Crippen LogP contribution in [0.4, 0.5) is 11.4 Å². The van der Waals surface area contributed by atoms with Gasteiger partial charge < -0.3 is 14.7 Å². The van der Waals surface area contributed by atoms with E-state index in [1.807, 2.05) is 97.9 Å². The molecule has 2 N–H and O–H groups in total. The predicted octanol–water partition coefficient (Wildman–Crippen LogP) is 6.07. The van der Waals surface area contributed by atoms with Gasteiger partial charge in [0.05, 0.1) is 11.4 Å². The number of pyridine rings is 1. The molecule has 1 atom stereocenters. The summed E-state index contributed by atoms with van der Waals surface area (Å²) in [6, 6.07) is 32.0. The average Bonchev–Trinajstić information content (AvgIpc) is 2.78. The van der Waals surface area contributed by atoms with E-state index in [-0.39, 0.29) is 0 Å². The lowest BCUT2D eigenvalue weighted by Crippen LogP contribution is -2.25. The van der Waals surface area contributed by atoms with Crippen molar-refractivity contribution in [2.75, 3.05) is 4.90 Å². The number of nitrogens with zero attached hydrogens (tertiary/aromatic N) is 2. The van der Waals surface area contributed by atoms with Gasteiger partial charge in [-0.3, -0.25) is 9.55 Å². The summed E-state index contributed by atoms with van der Waals surface area (Å²) in [6.45, 7) is 1.81. The highest BCUT2D eigenvalue weighted by molar-refractivity contribution is 7.52. The van der Waals surface area contributed by atoms with Gasteiger partial charge in [0.25, 0.3) is 0 Å². The topological polar surface area (TPSA) is 73.7 Å². The minimum atomic E-state index is -4.65. The molecule has 1 heterocycles. The third-order valence-electron chi connectivity index (χ3n) is 5.02. The van der Waals surface area contributed by atoms with E-state index in [9.17, 15) is 14.4 Å². The lowest BCUT2D eigenvalue weighted by atomic mass is 10.0. The normalized spacial score (nSPS) is 12.4. The van der Waals surface area contributed by atoms with Gasteiger partial charge in [-0.05, 0) is 42.8 Å². The molecule has 3 aromatic carbocycles. The Kier molecular flexibility index (Phi) is 6.01. The Bertz CT molecular complexity index is 1210. The smallest absolute Gasteiger partial charge is 0.323 e. The van der Waals surface area contributed by atoms with E-state index in [0.29, 0.717) is 22.8 Å². The molecule has 0 saturated carbocycles. The number of benzene rings is 3. The second-order valence-corrected chi connectivity index (χ2v) is 8.92. The number of aromatic nitrogens is 1. The first-order valence-corrected chi connectivity index (χ1v) is 11.6. The van der Waals surface area contributed by atoms with Gasteiger partial charge in [-0.2, -0.15) is 0 Å². The zero-order valence-electron chi connectivity index (χ0n) is 17.0. The van der Waals surface area contributed by atoms with E-state index >= 15 is 0 Å². The molecule has 4 rings (SSSR count). The van der Waals surface area contributed by atoms with Crippen LogP contribution in [0, 0.1) is 6.92 Å².